The lowest BCUT2D eigenvalue weighted by Gasteiger charge is -2.39. The molecule has 3 rings (SSSR count). The number of piperazine rings is 1. The molecule has 6 heteroatoms. The first-order valence-corrected chi connectivity index (χ1v) is 10.2. The molecular formula is C23H31N3O3. The number of nitrogens with one attached hydrogen (secondary N) is 1. The first-order chi connectivity index (χ1) is 14.1. The van der Waals surface area contributed by atoms with Gasteiger partial charge in [0.15, 0.2) is 0 Å². The van der Waals surface area contributed by atoms with Crippen molar-refractivity contribution in [3.8, 4) is 11.5 Å². The molecule has 1 aliphatic rings. The molecule has 0 aromatic heterocycles. The van der Waals surface area contributed by atoms with Gasteiger partial charge < -0.3 is 19.7 Å². The molecule has 1 heterocycles. The molecule has 0 saturated carbocycles. The molecule has 2 aromatic rings. The predicted molar refractivity (Wildman–Crippen MR) is 116 cm³/mol. The van der Waals surface area contributed by atoms with Crippen molar-refractivity contribution in [1.82, 2.24) is 10.2 Å². The largest absolute Gasteiger partial charge is 0.497 e. The summed E-state index contributed by atoms with van der Waals surface area (Å²) < 4.78 is 11.0. The van der Waals surface area contributed by atoms with E-state index in [4.69, 9.17) is 9.47 Å². The smallest absolute Gasteiger partial charge is 0.237 e. The zero-order valence-electron chi connectivity index (χ0n) is 17.6. The van der Waals surface area contributed by atoms with Crippen LogP contribution in [0, 0.1) is 0 Å². The first-order valence-electron chi connectivity index (χ1n) is 10.2. The van der Waals surface area contributed by atoms with Gasteiger partial charge in [0.1, 0.15) is 11.5 Å². The molecule has 1 amide bonds. The van der Waals surface area contributed by atoms with Crippen LogP contribution in [0.5, 0.6) is 11.5 Å². The fraction of sp³-hybridized carbons (Fsp3) is 0.435. The van der Waals surface area contributed by atoms with Crippen molar-refractivity contribution in [2.75, 3.05) is 44.8 Å². The molecule has 0 aliphatic carbocycles. The van der Waals surface area contributed by atoms with Crippen LogP contribution >= 0.6 is 0 Å². The third-order valence-corrected chi connectivity index (χ3v) is 5.35. The SMILES string of the molecule is CCOc1ccccc1N1CCN(C(C)C(=O)NCc2cccc(OC)c2)CC1. The number of nitrogens with zero attached hydrogens (tertiary/aromatic N) is 2. The number of anilines is 1. The lowest BCUT2D eigenvalue weighted by Crippen LogP contribution is -2.53. The maximum Gasteiger partial charge on any atom is 0.237 e. The van der Waals surface area contributed by atoms with Crippen LogP contribution in [0.15, 0.2) is 48.5 Å². The summed E-state index contributed by atoms with van der Waals surface area (Å²) in [6, 6.07) is 15.8. The van der Waals surface area contributed by atoms with E-state index in [0.717, 1.165) is 48.9 Å². The van der Waals surface area contributed by atoms with Crippen LogP contribution < -0.4 is 19.7 Å². The minimum atomic E-state index is -0.162. The van der Waals surface area contributed by atoms with E-state index in [9.17, 15) is 4.79 Å². The Labute approximate surface area is 173 Å². The summed E-state index contributed by atoms with van der Waals surface area (Å²) in [4.78, 5) is 17.2. The van der Waals surface area contributed by atoms with Gasteiger partial charge in [0.05, 0.1) is 25.4 Å². The molecule has 1 saturated heterocycles. The van der Waals surface area contributed by atoms with E-state index < -0.39 is 0 Å². The fourth-order valence-electron chi connectivity index (χ4n) is 3.63. The van der Waals surface area contributed by atoms with E-state index in [-0.39, 0.29) is 11.9 Å². The second kappa shape index (κ2) is 10.2. The van der Waals surface area contributed by atoms with Gasteiger partial charge in [-0.05, 0) is 43.7 Å². The molecule has 2 aromatic carbocycles. The molecule has 6 nitrogen and oxygen atoms in total. The van der Waals surface area contributed by atoms with Crippen LogP contribution in [-0.4, -0.2) is 56.7 Å². The van der Waals surface area contributed by atoms with Crippen LogP contribution in [0.2, 0.25) is 0 Å². The standard InChI is InChI=1S/C23H31N3O3/c1-4-29-22-11-6-5-10-21(22)26-14-12-25(13-15-26)18(2)23(27)24-17-19-8-7-9-20(16-19)28-3/h5-11,16,18H,4,12-15,17H2,1-3H3,(H,24,27). The third kappa shape index (κ3) is 5.41. The summed E-state index contributed by atoms with van der Waals surface area (Å²) in [5, 5.41) is 3.05. The summed E-state index contributed by atoms with van der Waals surface area (Å²) in [6.07, 6.45) is 0. The van der Waals surface area contributed by atoms with Crippen LogP contribution in [0.1, 0.15) is 19.4 Å². The summed E-state index contributed by atoms with van der Waals surface area (Å²) >= 11 is 0. The minimum absolute atomic E-state index is 0.0518. The molecule has 1 fully saturated rings. The Bertz CT molecular complexity index is 803. The molecule has 1 unspecified atom stereocenters. The van der Waals surface area contributed by atoms with Crippen LogP contribution in [0.25, 0.3) is 0 Å². The maximum absolute atomic E-state index is 12.6. The van der Waals surface area contributed by atoms with Gasteiger partial charge >= 0.3 is 0 Å². The van der Waals surface area contributed by atoms with Gasteiger partial charge in [-0.2, -0.15) is 0 Å². The van der Waals surface area contributed by atoms with Crippen molar-refractivity contribution in [1.29, 1.82) is 0 Å². The fourth-order valence-corrected chi connectivity index (χ4v) is 3.63. The number of para-hydroxylation sites is 2. The number of hydrogen-bond donors (Lipinski definition) is 1. The highest BCUT2D eigenvalue weighted by Crippen LogP contribution is 2.29. The topological polar surface area (TPSA) is 54.0 Å². The molecule has 0 spiro atoms. The highest BCUT2D eigenvalue weighted by molar-refractivity contribution is 5.81. The molecule has 29 heavy (non-hydrogen) atoms. The number of carbonyl (C=O) groups is 1. The Morgan fingerprint density at radius 1 is 1.10 bits per heavy atom. The Morgan fingerprint density at radius 3 is 2.59 bits per heavy atom. The highest BCUT2D eigenvalue weighted by atomic mass is 16.5. The Balaban J connectivity index is 1.51. The Hall–Kier alpha value is -2.73. The number of ether oxygens (including phenoxy) is 2. The van der Waals surface area contributed by atoms with E-state index in [2.05, 4.69) is 21.2 Å². The number of amides is 1. The lowest BCUT2D eigenvalue weighted by molar-refractivity contribution is -0.126. The van der Waals surface area contributed by atoms with Crippen LogP contribution in [-0.2, 0) is 11.3 Å². The zero-order valence-corrected chi connectivity index (χ0v) is 17.6. The van der Waals surface area contributed by atoms with E-state index in [1.165, 1.54) is 0 Å². The van der Waals surface area contributed by atoms with Crippen molar-refractivity contribution in [3.05, 3.63) is 54.1 Å². The van der Waals surface area contributed by atoms with Gasteiger partial charge in [-0.15, -0.1) is 0 Å². The third-order valence-electron chi connectivity index (χ3n) is 5.35. The number of benzene rings is 2. The second-order valence-electron chi connectivity index (χ2n) is 7.17. The lowest BCUT2D eigenvalue weighted by atomic mass is 10.1. The van der Waals surface area contributed by atoms with E-state index in [1.807, 2.05) is 56.3 Å². The number of rotatable bonds is 8. The quantitative estimate of drug-likeness (QED) is 0.742. The molecule has 1 N–H and O–H groups in total. The van der Waals surface area contributed by atoms with Gasteiger partial charge in [-0.1, -0.05) is 24.3 Å². The average Bonchev–Trinajstić information content (AvgIpc) is 2.78. The summed E-state index contributed by atoms with van der Waals surface area (Å²) in [5.41, 5.74) is 2.16. The van der Waals surface area contributed by atoms with Gasteiger partial charge in [0.25, 0.3) is 0 Å². The zero-order chi connectivity index (χ0) is 20.6. The molecule has 1 atom stereocenters. The van der Waals surface area contributed by atoms with E-state index in [0.29, 0.717) is 13.2 Å². The summed E-state index contributed by atoms with van der Waals surface area (Å²) in [7, 11) is 1.65. The van der Waals surface area contributed by atoms with Gasteiger partial charge in [0.2, 0.25) is 5.91 Å². The van der Waals surface area contributed by atoms with Gasteiger partial charge in [-0.25, -0.2) is 0 Å². The van der Waals surface area contributed by atoms with Crippen molar-refractivity contribution < 1.29 is 14.3 Å². The second-order valence-corrected chi connectivity index (χ2v) is 7.17. The van der Waals surface area contributed by atoms with Crippen molar-refractivity contribution >= 4 is 11.6 Å². The maximum atomic E-state index is 12.6. The highest BCUT2D eigenvalue weighted by Gasteiger charge is 2.26. The molecule has 156 valence electrons. The Morgan fingerprint density at radius 2 is 1.86 bits per heavy atom. The molecular weight excluding hydrogens is 366 g/mol. The normalized spacial score (nSPS) is 15.6. The van der Waals surface area contributed by atoms with E-state index in [1.54, 1.807) is 7.11 Å². The minimum Gasteiger partial charge on any atom is -0.497 e. The van der Waals surface area contributed by atoms with Crippen molar-refractivity contribution in [3.63, 3.8) is 0 Å². The number of hydrogen-bond acceptors (Lipinski definition) is 5. The summed E-state index contributed by atoms with van der Waals surface area (Å²) in [5.74, 6) is 1.77. The molecule has 0 bridgehead atoms. The Kier molecular flexibility index (Phi) is 7.36. The first kappa shape index (κ1) is 21.0. The van der Waals surface area contributed by atoms with Crippen molar-refractivity contribution in [2.24, 2.45) is 0 Å². The monoisotopic (exact) mass is 397 g/mol. The molecule has 1 aliphatic heterocycles. The van der Waals surface area contributed by atoms with Crippen LogP contribution in [0.4, 0.5) is 5.69 Å². The number of carbonyl (C=O) groups excluding carboxylic acids is 1. The average molecular weight is 398 g/mol. The van der Waals surface area contributed by atoms with Gasteiger partial charge in [0, 0.05) is 32.7 Å². The van der Waals surface area contributed by atoms with Crippen LogP contribution in [0.3, 0.4) is 0 Å². The summed E-state index contributed by atoms with van der Waals surface area (Å²) in [6.45, 7) is 8.56. The molecule has 0 radical (unpaired) electrons. The van der Waals surface area contributed by atoms with Crippen molar-refractivity contribution in [2.45, 2.75) is 26.4 Å². The van der Waals surface area contributed by atoms with Gasteiger partial charge in [-0.3, -0.25) is 9.69 Å². The number of methoxy groups -OCH3 is 1. The predicted octanol–water partition coefficient (Wildman–Crippen LogP) is 2.92. The van der Waals surface area contributed by atoms with E-state index >= 15 is 0 Å².